The zero-order valence-corrected chi connectivity index (χ0v) is 11.8. The number of aromatic nitrogens is 1. The van der Waals surface area contributed by atoms with Crippen molar-refractivity contribution in [3.05, 3.63) is 17.7 Å². The summed E-state index contributed by atoms with van der Waals surface area (Å²) in [5, 5.41) is 2.71. The highest BCUT2D eigenvalue weighted by molar-refractivity contribution is 5.52. The number of fused-ring (bicyclic) bond motifs is 1. The molecule has 0 bridgehead atoms. The van der Waals surface area contributed by atoms with E-state index in [0.717, 1.165) is 31.4 Å². The van der Waals surface area contributed by atoms with E-state index in [4.69, 9.17) is 4.74 Å². The summed E-state index contributed by atoms with van der Waals surface area (Å²) in [7, 11) is 1.57. The molecule has 1 saturated carbocycles. The third-order valence-electron chi connectivity index (χ3n) is 4.17. The average Bonchev–Trinajstić information content (AvgIpc) is 2.94. The van der Waals surface area contributed by atoms with E-state index in [1.807, 2.05) is 4.90 Å². The van der Waals surface area contributed by atoms with Crippen molar-refractivity contribution < 1.29 is 17.9 Å². The Kier molecular flexibility index (Phi) is 3.69. The summed E-state index contributed by atoms with van der Waals surface area (Å²) in [6.07, 6.45) is -1.29. The van der Waals surface area contributed by atoms with Crippen molar-refractivity contribution in [2.75, 3.05) is 30.4 Å². The Labute approximate surface area is 121 Å². The van der Waals surface area contributed by atoms with Crippen LogP contribution in [0.25, 0.3) is 0 Å². The Hall–Kier alpha value is -1.50. The van der Waals surface area contributed by atoms with Gasteiger partial charge >= 0.3 is 6.18 Å². The van der Waals surface area contributed by atoms with Gasteiger partial charge in [0.25, 0.3) is 0 Å². The third kappa shape index (κ3) is 2.79. The number of anilines is 2. The summed E-state index contributed by atoms with van der Waals surface area (Å²) in [5.41, 5.74) is -0.669. The minimum atomic E-state index is -4.37. The van der Waals surface area contributed by atoms with Crippen molar-refractivity contribution in [3.63, 3.8) is 0 Å². The molecular weight excluding hydrogens is 283 g/mol. The maximum Gasteiger partial charge on any atom is 0.416 e. The molecule has 1 aromatic rings. The van der Waals surface area contributed by atoms with Crippen molar-refractivity contribution in [1.82, 2.24) is 4.98 Å². The number of ether oxygens (including phenoxy) is 1. The van der Waals surface area contributed by atoms with Crippen LogP contribution in [-0.2, 0) is 10.9 Å². The molecule has 0 aromatic carbocycles. The van der Waals surface area contributed by atoms with E-state index in [9.17, 15) is 13.2 Å². The third-order valence-corrected chi connectivity index (χ3v) is 4.17. The maximum absolute atomic E-state index is 13.0. The summed E-state index contributed by atoms with van der Waals surface area (Å²) < 4.78 is 44.8. The van der Waals surface area contributed by atoms with Crippen molar-refractivity contribution in [2.45, 2.75) is 37.6 Å². The molecule has 1 aromatic heterocycles. The molecule has 2 atom stereocenters. The van der Waals surface area contributed by atoms with Gasteiger partial charge in [-0.15, -0.1) is 0 Å². The van der Waals surface area contributed by atoms with Gasteiger partial charge in [0.2, 0.25) is 0 Å². The van der Waals surface area contributed by atoms with Crippen LogP contribution in [0.3, 0.4) is 0 Å². The first kappa shape index (κ1) is 14.4. The van der Waals surface area contributed by atoms with Crippen molar-refractivity contribution in [2.24, 2.45) is 0 Å². The number of hydrogen-bond donors (Lipinski definition) is 1. The number of pyridine rings is 1. The lowest BCUT2D eigenvalue weighted by molar-refractivity contribution is -0.137. The number of morpholine rings is 1. The van der Waals surface area contributed by atoms with Crippen LogP contribution in [0.1, 0.15) is 24.8 Å². The molecule has 2 unspecified atom stereocenters. The molecule has 1 aliphatic heterocycles. The SMILES string of the molecule is CNc1cc(C(F)(F)F)cc(N2CCOC3CCCC32)n1. The fraction of sp³-hybridized carbons (Fsp3) is 0.643. The van der Waals surface area contributed by atoms with Crippen LogP contribution in [-0.4, -0.2) is 37.3 Å². The fourth-order valence-corrected chi connectivity index (χ4v) is 3.16. The average molecular weight is 301 g/mol. The van der Waals surface area contributed by atoms with Crippen LogP contribution >= 0.6 is 0 Å². The number of halogens is 3. The van der Waals surface area contributed by atoms with Gasteiger partial charge < -0.3 is 15.0 Å². The number of rotatable bonds is 2. The summed E-state index contributed by atoms with van der Waals surface area (Å²) in [5.74, 6) is 0.621. The zero-order chi connectivity index (χ0) is 15.0. The lowest BCUT2D eigenvalue weighted by Gasteiger charge is -2.38. The normalized spacial score (nSPS) is 25.8. The first-order valence-corrected chi connectivity index (χ1v) is 7.14. The number of hydrogen-bond acceptors (Lipinski definition) is 4. The molecule has 1 aliphatic carbocycles. The predicted octanol–water partition coefficient (Wildman–Crippen LogP) is 2.90. The highest BCUT2D eigenvalue weighted by Crippen LogP contribution is 2.36. The second-order valence-electron chi connectivity index (χ2n) is 5.45. The summed E-state index contributed by atoms with van der Waals surface area (Å²) >= 11 is 0. The molecule has 2 heterocycles. The number of nitrogens with one attached hydrogen (secondary N) is 1. The Bertz CT molecular complexity index is 521. The second-order valence-corrected chi connectivity index (χ2v) is 5.45. The molecule has 116 valence electrons. The van der Waals surface area contributed by atoms with E-state index in [1.54, 1.807) is 7.05 Å². The van der Waals surface area contributed by atoms with Crippen molar-refractivity contribution >= 4 is 11.6 Å². The zero-order valence-electron chi connectivity index (χ0n) is 11.8. The Morgan fingerprint density at radius 1 is 1.33 bits per heavy atom. The van der Waals surface area contributed by atoms with Crippen molar-refractivity contribution in [3.8, 4) is 0 Å². The lowest BCUT2D eigenvalue weighted by Crippen LogP contribution is -2.49. The van der Waals surface area contributed by atoms with E-state index in [0.29, 0.717) is 19.0 Å². The summed E-state index contributed by atoms with van der Waals surface area (Å²) in [6.45, 7) is 1.12. The van der Waals surface area contributed by atoms with Gasteiger partial charge in [-0.3, -0.25) is 0 Å². The van der Waals surface area contributed by atoms with Crippen molar-refractivity contribution in [1.29, 1.82) is 0 Å². The predicted molar refractivity (Wildman–Crippen MR) is 73.5 cm³/mol. The van der Waals surface area contributed by atoms with Gasteiger partial charge in [-0.05, 0) is 31.4 Å². The Morgan fingerprint density at radius 2 is 2.14 bits per heavy atom. The molecule has 3 rings (SSSR count). The molecule has 1 N–H and O–H groups in total. The van der Waals surface area contributed by atoms with Crippen LogP contribution in [0.4, 0.5) is 24.8 Å². The van der Waals surface area contributed by atoms with E-state index in [-0.39, 0.29) is 18.0 Å². The lowest BCUT2D eigenvalue weighted by atomic mass is 10.1. The molecule has 2 aliphatic rings. The molecule has 0 spiro atoms. The van der Waals surface area contributed by atoms with Gasteiger partial charge in [0.15, 0.2) is 0 Å². The molecule has 1 saturated heterocycles. The highest BCUT2D eigenvalue weighted by atomic mass is 19.4. The molecule has 2 fully saturated rings. The maximum atomic E-state index is 13.0. The molecular formula is C14H18F3N3O. The van der Waals surface area contributed by atoms with Gasteiger partial charge in [-0.1, -0.05) is 0 Å². The van der Waals surface area contributed by atoms with Gasteiger partial charge in [0.05, 0.1) is 24.3 Å². The molecule has 21 heavy (non-hydrogen) atoms. The highest BCUT2D eigenvalue weighted by Gasteiger charge is 2.38. The Morgan fingerprint density at radius 3 is 2.86 bits per heavy atom. The summed E-state index contributed by atoms with van der Waals surface area (Å²) in [6, 6.07) is 2.32. The van der Waals surface area contributed by atoms with E-state index in [2.05, 4.69) is 10.3 Å². The minimum Gasteiger partial charge on any atom is -0.374 e. The second kappa shape index (κ2) is 5.36. The van der Waals surface area contributed by atoms with Crippen LogP contribution in [0.5, 0.6) is 0 Å². The van der Waals surface area contributed by atoms with Gasteiger partial charge in [-0.2, -0.15) is 13.2 Å². The molecule has 0 radical (unpaired) electrons. The first-order chi connectivity index (χ1) is 9.99. The summed E-state index contributed by atoms with van der Waals surface area (Å²) in [4.78, 5) is 6.28. The van der Waals surface area contributed by atoms with E-state index in [1.165, 1.54) is 0 Å². The topological polar surface area (TPSA) is 37.4 Å². The molecule has 4 nitrogen and oxygen atoms in total. The Balaban J connectivity index is 1.97. The largest absolute Gasteiger partial charge is 0.416 e. The van der Waals surface area contributed by atoms with E-state index >= 15 is 0 Å². The molecule has 7 heteroatoms. The first-order valence-electron chi connectivity index (χ1n) is 7.14. The number of nitrogens with zero attached hydrogens (tertiary/aromatic N) is 2. The quantitative estimate of drug-likeness (QED) is 0.911. The minimum absolute atomic E-state index is 0.119. The van der Waals surface area contributed by atoms with Crippen LogP contribution in [0, 0.1) is 0 Å². The van der Waals surface area contributed by atoms with Gasteiger partial charge in [-0.25, -0.2) is 4.98 Å². The van der Waals surface area contributed by atoms with Crippen LogP contribution in [0.2, 0.25) is 0 Å². The fourth-order valence-electron chi connectivity index (χ4n) is 3.16. The monoisotopic (exact) mass is 301 g/mol. The number of alkyl halides is 3. The standard InChI is InChI=1S/C14H18F3N3O/c1-18-12-7-9(14(15,16)17)8-13(19-12)20-5-6-21-11-4-2-3-10(11)20/h7-8,10-11H,2-6H2,1H3,(H,18,19). The van der Waals surface area contributed by atoms with Crippen LogP contribution < -0.4 is 10.2 Å². The van der Waals surface area contributed by atoms with Crippen LogP contribution in [0.15, 0.2) is 12.1 Å². The van der Waals surface area contributed by atoms with Gasteiger partial charge in [0, 0.05) is 13.6 Å². The van der Waals surface area contributed by atoms with Gasteiger partial charge in [0.1, 0.15) is 11.6 Å². The smallest absolute Gasteiger partial charge is 0.374 e. The van der Waals surface area contributed by atoms with E-state index < -0.39 is 11.7 Å². The molecule has 0 amide bonds.